The first-order valence-corrected chi connectivity index (χ1v) is 14.6. The van der Waals surface area contributed by atoms with Gasteiger partial charge in [-0.3, -0.25) is 14.8 Å². The van der Waals surface area contributed by atoms with Gasteiger partial charge in [-0.2, -0.15) is 0 Å². The first-order chi connectivity index (χ1) is 18.5. The first-order valence-electron chi connectivity index (χ1n) is 13.0. The second-order valence-electron chi connectivity index (χ2n) is 8.63. The van der Waals surface area contributed by atoms with Gasteiger partial charge in [0, 0.05) is 37.8 Å². The van der Waals surface area contributed by atoms with Gasteiger partial charge in [-0.15, -0.1) is 0 Å². The SMILES string of the molecule is CCOP(=O)(OCC)C(NCCN1CCOCC1)c1c(/C=C/c2ccc(OC)cc2)cc(OC)cc1OC. The quantitative estimate of drug-likeness (QED) is 0.242. The van der Waals surface area contributed by atoms with E-state index in [1.165, 1.54) is 0 Å². The van der Waals surface area contributed by atoms with Gasteiger partial charge in [0.2, 0.25) is 0 Å². The van der Waals surface area contributed by atoms with Crippen LogP contribution < -0.4 is 19.5 Å². The number of nitrogens with one attached hydrogen (secondary N) is 1. The van der Waals surface area contributed by atoms with Gasteiger partial charge in [0.15, 0.2) is 0 Å². The normalized spacial score (nSPS) is 15.5. The predicted molar refractivity (Wildman–Crippen MR) is 150 cm³/mol. The molecule has 10 heteroatoms. The van der Waals surface area contributed by atoms with Crippen LogP contribution in [-0.2, 0) is 18.3 Å². The highest BCUT2D eigenvalue weighted by atomic mass is 31.2. The van der Waals surface area contributed by atoms with Crippen molar-refractivity contribution < 1.29 is 32.6 Å². The van der Waals surface area contributed by atoms with E-state index < -0.39 is 13.4 Å². The van der Waals surface area contributed by atoms with Crippen molar-refractivity contribution in [3.05, 3.63) is 53.1 Å². The van der Waals surface area contributed by atoms with Gasteiger partial charge in [0.05, 0.1) is 47.8 Å². The first kappa shape index (κ1) is 30.2. The molecule has 3 rings (SSSR count). The molecular weight excluding hydrogens is 507 g/mol. The number of benzene rings is 2. The molecule has 0 aromatic heterocycles. The fourth-order valence-corrected chi connectivity index (χ4v) is 6.38. The van der Waals surface area contributed by atoms with Gasteiger partial charge < -0.3 is 28.0 Å². The lowest BCUT2D eigenvalue weighted by Gasteiger charge is -2.31. The average molecular weight is 549 g/mol. The lowest BCUT2D eigenvalue weighted by atomic mass is 10.0. The van der Waals surface area contributed by atoms with E-state index in [2.05, 4.69) is 10.2 Å². The Labute approximate surface area is 226 Å². The highest BCUT2D eigenvalue weighted by Crippen LogP contribution is 2.61. The molecule has 1 aliphatic heterocycles. The van der Waals surface area contributed by atoms with E-state index in [0.717, 1.165) is 36.5 Å². The molecular formula is C28H41N2O7P. The summed E-state index contributed by atoms with van der Waals surface area (Å²) in [5.41, 5.74) is 2.44. The number of ether oxygens (including phenoxy) is 4. The Bertz CT molecular complexity index is 1060. The molecule has 1 aliphatic rings. The summed E-state index contributed by atoms with van der Waals surface area (Å²) in [5.74, 6) is 1.17. The van der Waals surface area contributed by atoms with Crippen LogP contribution >= 0.6 is 7.60 Å². The smallest absolute Gasteiger partial charge is 0.352 e. The fraction of sp³-hybridized carbons (Fsp3) is 0.500. The maximum absolute atomic E-state index is 14.3. The highest BCUT2D eigenvalue weighted by Gasteiger charge is 2.40. The van der Waals surface area contributed by atoms with E-state index in [0.29, 0.717) is 36.8 Å². The summed E-state index contributed by atoms with van der Waals surface area (Å²) in [6.45, 7) is 8.62. The van der Waals surface area contributed by atoms with E-state index in [4.69, 9.17) is 28.0 Å². The van der Waals surface area contributed by atoms with Crippen molar-refractivity contribution in [2.75, 3.05) is 73.9 Å². The Hall–Kier alpha value is -2.39. The van der Waals surface area contributed by atoms with Crippen LogP contribution in [0.15, 0.2) is 36.4 Å². The molecule has 1 unspecified atom stereocenters. The van der Waals surface area contributed by atoms with Gasteiger partial charge in [-0.05, 0) is 43.2 Å². The second kappa shape index (κ2) is 15.3. The standard InChI is InChI=1S/C28H41N2O7P/c1-6-36-38(31,37-7-2)28(29-14-15-30-16-18-35-19-17-30)27-23(20-25(33-4)21-26(27)34-5)11-8-22-9-12-24(32-3)13-10-22/h8-13,20-21,28-29H,6-7,14-19H2,1-5H3/b11-8+. The van der Waals surface area contributed by atoms with Gasteiger partial charge in [-0.25, -0.2) is 0 Å². The van der Waals surface area contributed by atoms with Crippen LogP contribution in [0.3, 0.4) is 0 Å². The topological polar surface area (TPSA) is 87.7 Å². The zero-order valence-corrected chi connectivity index (χ0v) is 24.0. The minimum atomic E-state index is -3.64. The summed E-state index contributed by atoms with van der Waals surface area (Å²) in [6.07, 6.45) is 3.94. The number of hydrogen-bond acceptors (Lipinski definition) is 9. The van der Waals surface area contributed by atoms with Crippen LogP contribution in [0.5, 0.6) is 17.2 Å². The zero-order valence-electron chi connectivity index (χ0n) is 23.1. The number of hydrogen-bond donors (Lipinski definition) is 1. The van der Waals surface area contributed by atoms with E-state index in [-0.39, 0.29) is 13.2 Å². The number of methoxy groups -OCH3 is 3. The number of nitrogens with zero attached hydrogens (tertiary/aromatic N) is 1. The summed E-state index contributed by atoms with van der Waals surface area (Å²) >= 11 is 0. The Morgan fingerprint density at radius 3 is 2.18 bits per heavy atom. The second-order valence-corrected chi connectivity index (χ2v) is 10.7. The van der Waals surface area contributed by atoms with Gasteiger partial charge in [-0.1, -0.05) is 24.3 Å². The molecule has 1 fully saturated rings. The molecule has 1 atom stereocenters. The summed E-state index contributed by atoms with van der Waals surface area (Å²) in [7, 11) is 1.19. The van der Waals surface area contributed by atoms with Crippen molar-refractivity contribution in [1.29, 1.82) is 0 Å². The molecule has 0 aliphatic carbocycles. The molecule has 1 N–H and O–H groups in total. The van der Waals surface area contributed by atoms with Crippen molar-refractivity contribution in [3.63, 3.8) is 0 Å². The van der Waals surface area contributed by atoms with Crippen molar-refractivity contribution in [2.24, 2.45) is 0 Å². The Morgan fingerprint density at radius 1 is 0.947 bits per heavy atom. The van der Waals surface area contributed by atoms with Crippen LogP contribution in [0.1, 0.15) is 36.3 Å². The summed E-state index contributed by atoms with van der Waals surface area (Å²) in [6, 6.07) is 11.4. The zero-order chi connectivity index (χ0) is 27.4. The van der Waals surface area contributed by atoms with Crippen molar-refractivity contribution in [3.8, 4) is 17.2 Å². The number of morpholine rings is 1. The van der Waals surface area contributed by atoms with Crippen LogP contribution in [0.2, 0.25) is 0 Å². The Balaban J connectivity index is 2.05. The largest absolute Gasteiger partial charge is 0.497 e. The lowest BCUT2D eigenvalue weighted by molar-refractivity contribution is 0.0382. The monoisotopic (exact) mass is 548 g/mol. The molecule has 0 spiro atoms. The van der Waals surface area contributed by atoms with Crippen molar-refractivity contribution >= 4 is 19.7 Å². The third kappa shape index (κ3) is 8.06. The van der Waals surface area contributed by atoms with E-state index in [1.807, 2.05) is 56.3 Å². The van der Waals surface area contributed by atoms with Crippen LogP contribution in [-0.4, -0.2) is 78.8 Å². The van der Waals surface area contributed by atoms with Crippen LogP contribution in [0.4, 0.5) is 0 Å². The molecule has 1 saturated heterocycles. The number of rotatable bonds is 15. The van der Waals surface area contributed by atoms with E-state index in [9.17, 15) is 4.57 Å². The maximum atomic E-state index is 14.3. The van der Waals surface area contributed by atoms with E-state index in [1.54, 1.807) is 27.4 Å². The fourth-order valence-electron chi connectivity index (χ4n) is 4.34. The van der Waals surface area contributed by atoms with Crippen LogP contribution in [0.25, 0.3) is 12.2 Å². The molecule has 210 valence electrons. The van der Waals surface area contributed by atoms with E-state index >= 15 is 0 Å². The van der Waals surface area contributed by atoms with Gasteiger partial charge in [0.25, 0.3) is 0 Å². The van der Waals surface area contributed by atoms with Gasteiger partial charge >= 0.3 is 7.60 Å². The molecule has 2 aromatic rings. The minimum absolute atomic E-state index is 0.244. The molecule has 0 amide bonds. The predicted octanol–water partition coefficient (Wildman–Crippen LogP) is 5.07. The molecule has 0 radical (unpaired) electrons. The van der Waals surface area contributed by atoms with Crippen LogP contribution in [0, 0.1) is 0 Å². The summed E-state index contributed by atoms with van der Waals surface area (Å²) in [4.78, 5) is 2.32. The molecule has 9 nitrogen and oxygen atoms in total. The average Bonchev–Trinajstić information content (AvgIpc) is 2.95. The summed E-state index contributed by atoms with van der Waals surface area (Å²) < 4.78 is 48.0. The molecule has 2 aromatic carbocycles. The third-order valence-electron chi connectivity index (χ3n) is 6.25. The van der Waals surface area contributed by atoms with Crippen molar-refractivity contribution in [1.82, 2.24) is 10.2 Å². The lowest BCUT2D eigenvalue weighted by Crippen LogP contribution is -2.41. The maximum Gasteiger partial charge on any atom is 0.352 e. The summed E-state index contributed by atoms with van der Waals surface area (Å²) in [5, 5.41) is 3.49. The third-order valence-corrected chi connectivity index (χ3v) is 8.56. The molecule has 0 bridgehead atoms. The minimum Gasteiger partial charge on any atom is -0.497 e. The highest BCUT2D eigenvalue weighted by molar-refractivity contribution is 7.54. The Morgan fingerprint density at radius 2 is 1.61 bits per heavy atom. The molecule has 1 heterocycles. The van der Waals surface area contributed by atoms with Crippen molar-refractivity contribution in [2.45, 2.75) is 19.6 Å². The van der Waals surface area contributed by atoms with Gasteiger partial charge in [0.1, 0.15) is 23.0 Å². The molecule has 0 saturated carbocycles. The Kier molecular flexibility index (Phi) is 12.1. The molecule has 38 heavy (non-hydrogen) atoms.